The molecule has 1 saturated heterocycles. The molecule has 1 aromatic carbocycles. The SMILES string of the molecule is Cc1[nH]c2ccccc2c1C(=O)NCC1CN(CC(C)C)CCO1. The van der Waals surface area contributed by atoms with E-state index >= 15 is 0 Å². The smallest absolute Gasteiger partial charge is 0.253 e. The van der Waals surface area contributed by atoms with Gasteiger partial charge in [0, 0.05) is 42.8 Å². The van der Waals surface area contributed by atoms with Gasteiger partial charge in [-0.1, -0.05) is 32.0 Å². The van der Waals surface area contributed by atoms with Crippen molar-refractivity contribution >= 4 is 16.8 Å². The maximum Gasteiger partial charge on any atom is 0.253 e. The lowest BCUT2D eigenvalue weighted by Gasteiger charge is -2.33. The molecule has 2 aromatic rings. The van der Waals surface area contributed by atoms with Crippen molar-refractivity contribution in [2.45, 2.75) is 26.9 Å². The fraction of sp³-hybridized carbons (Fsp3) is 0.526. The van der Waals surface area contributed by atoms with Gasteiger partial charge in [0.2, 0.25) is 0 Å². The predicted molar refractivity (Wildman–Crippen MR) is 96.4 cm³/mol. The van der Waals surface area contributed by atoms with E-state index in [-0.39, 0.29) is 12.0 Å². The maximum absolute atomic E-state index is 12.6. The molecule has 1 aliphatic heterocycles. The minimum Gasteiger partial charge on any atom is -0.374 e. The van der Waals surface area contributed by atoms with Crippen LogP contribution in [0.25, 0.3) is 10.9 Å². The quantitative estimate of drug-likeness (QED) is 0.886. The number of aromatic amines is 1. The standard InChI is InChI=1S/C19H27N3O2/c1-13(2)11-22-8-9-24-15(12-22)10-20-19(23)18-14(3)21-17-7-5-4-6-16(17)18/h4-7,13,15,21H,8-12H2,1-3H3,(H,20,23). The van der Waals surface area contributed by atoms with E-state index in [2.05, 4.69) is 29.0 Å². The Hall–Kier alpha value is -1.85. The molecular weight excluding hydrogens is 302 g/mol. The summed E-state index contributed by atoms with van der Waals surface area (Å²) in [6, 6.07) is 7.90. The zero-order valence-corrected chi connectivity index (χ0v) is 14.8. The number of fused-ring (bicyclic) bond motifs is 1. The van der Waals surface area contributed by atoms with Gasteiger partial charge in [-0.25, -0.2) is 0 Å². The number of nitrogens with zero attached hydrogens (tertiary/aromatic N) is 1. The van der Waals surface area contributed by atoms with Crippen LogP contribution in [0.2, 0.25) is 0 Å². The van der Waals surface area contributed by atoms with E-state index in [1.165, 1.54) is 0 Å². The highest BCUT2D eigenvalue weighted by atomic mass is 16.5. The molecule has 3 rings (SSSR count). The Morgan fingerprint density at radius 3 is 3.00 bits per heavy atom. The van der Waals surface area contributed by atoms with Crippen molar-refractivity contribution in [3.8, 4) is 0 Å². The average molecular weight is 329 g/mol. The molecule has 0 aliphatic carbocycles. The fourth-order valence-corrected chi connectivity index (χ4v) is 3.45. The number of ether oxygens (including phenoxy) is 1. The van der Waals surface area contributed by atoms with Gasteiger partial charge in [0.15, 0.2) is 0 Å². The highest BCUT2D eigenvalue weighted by Gasteiger charge is 2.22. The Kier molecular flexibility index (Phi) is 5.21. The van der Waals surface area contributed by atoms with Gasteiger partial charge in [-0.15, -0.1) is 0 Å². The summed E-state index contributed by atoms with van der Waals surface area (Å²) in [5.41, 5.74) is 2.64. The largest absolute Gasteiger partial charge is 0.374 e. The lowest BCUT2D eigenvalue weighted by molar-refractivity contribution is -0.0295. The average Bonchev–Trinajstić information content (AvgIpc) is 2.88. The number of hydrogen-bond donors (Lipinski definition) is 2. The van der Waals surface area contributed by atoms with Crippen molar-refractivity contribution in [1.82, 2.24) is 15.2 Å². The molecular formula is C19H27N3O2. The Morgan fingerprint density at radius 2 is 2.21 bits per heavy atom. The van der Waals surface area contributed by atoms with Crippen molar-refractivity contribution in [2.75, 3.05) is 32.8 Å². The van der Waals surface area contributed by atoms with Gasteiger partial charge in [0.05, 0.1) is 18.3 Å². The van der Waals surface area contributed by atoms with Crippen LogP contribution in [-0.4, -0.2) is 54.7 Å². The molecule has 0 spiro atoms. The Balaban J connectivity index is 1.62. The van der Waals surface area contributed by atoms with Crippen molar-refractivity contribution in [2.24, 2.45) is 5.92 Å². The van der Waals surface area contributed by atoms with E-state index in [1.807, 2.05) is 31.2 Å². The van der Waals surface area contributed by atoms with Gasteiger partial charge in [-0.3, -0.25) is 9.69 Å². The number of amides is 1. The summed E-state index contributed by atoms with van der Waals surface area (Å²) in [7, 11) is 0. The van der Waals surface area contributed by atoms with Crippen LogP contribution in [0.15, 0.2) is 24.3 Å². The summed E-state index contributed by atoms with van der Waals surface area (Å²) in [6.45, 7) is 10.6. The number of nitrogens with one attached hydrogen (secondary N) is 2. The van der Waals surface area contributed by atoms with Gasteiger partial charge in [0.25, 0.3) is 5.91 Å². The molecule has 5 heteroatoms. The first-order valence-corrected chi connectivity index (χ1v) is 8.74. The zero-order valence-electron chi connectivity index (χ0n) is 14.8. The molecule has 130 valence electrons. The van der Waals surface area contributed by atoms with E-state index in [4.69, 9.17) is 4.74 Å². The lowest BCUT2D eigenvalue weighted by atomic mass is 10.1. The molecule has 2 heterocycles. The van der Waals surface area contributed by atoms with Gasteiger partial charge in [0.1, 0.15) is 0 Å². The van der Waals surface area contributed by atoms with Gasteiger partial charge in [-0.2, -0.15) is 0 Å². The molecule has 1 atom stereocenters. The van der Waals surface area contributed by atoms with Crippen LogP contribution < -0.4 is 5.32 Å². The summed E-state index contributed by atoms with van der Waals surface area (Å²) >= 11 is 0. The van der Waals surface area contributed by atoms with Crippen LogP contribution in [0, 0.1) is 12.8 Å². The molecule has 0 bridgehead atoms. The van der Waals surface area contributed by atoms with Crippen molar-refractivity contribution in [3.63, 3.8) is 0 Å². The van der Waals surface area contributed by atoms with Gasteiger partial charge >= 0.3 is 0 Å². The molecule has 1 fully saturated rings. The van der Waals surface area contributed by atoms with Crippen LogP contribution in [0.1, 0.15) is 29.9 Å². The molecule has 2 N–H and O–H groups in total. The molecule has 1 amide bonds. The third-order valence-electron chi connectivity index (χ3n) is 4.46. The summed E-state index contributed by atoms with van der Waals surface area (Å²) in [5.74, 6) is 0.613. The minimum atomic E-state index is -0.0328. The normalized spacial score (nSPS) is 19.1. The Labute approximate surface area is 143 Å². The molecule has 1 aliphatic rings. The fourth-order valence-electron chi connectivity index (χ4n) is 3.45. The number of benzene rings is 1. The van der Waals surface area contributed by atoms with Crippen molar-refractivity contribution in [1.29, 1.82) is 0 Å². The highest BCUT2D eigenvalue weighted by Crippen LogP contribution is 2.21. The number of morpholine rings is 1. The minimum absolute atomic E-state index is 0.0328. The number of H-pyrrole nitrogens is 1. The van der Waals surface area contributed by atoms with Crippen LogP contribution in [0.5, 0.6) is 0 Å². The summed E-state index contributed by atoms with van der Waals surface area (Å²) < 4.78 is 5.81. The number of aromatic nitrogens is 1. The number of hydrogen-bond acceptors (Lipinski definition) is 3. The van der Waals surface area contributed by atoms with Crippen molar-refractivity contribution < 1.29 is 9.53 Å². The third kappa shape index (κ3) is 3.79. The monoisotopic (exact) mass is 329 g/mol. The highest BCUT2D eigenvalue weighted by molar-refractivity contribution is 6.08. The van der Waals surface area contributed by atoms with E-state index in [9.17, 15) is 4.79 Å². The number of aryl methyl sites for hydroxylation is 1. The number of carbonyl (C=O) groups is 1. The summed E-state index contributed by atoms with van der Waals surface area (Å²) in [6.07, 6.45) is 0.0620. The van der Waals surface area contributed by atoms with E-state index in [1.54, 1.807) is 0 Å². The van der Waals surface area contributed by atoms with E-state index in [0.29, 0.717) is 12.5 Å². The Bertz CT molecular complexity index is 708. The Morgan fingerprint density at radius 1 is 1.42 bits per heavy atom. The second-order valence-corrected chi connectivity index (χ2v) is 7.03. The van der Waals surface area contributed by atoms with Crippen molar-refractivity contribution in [3.05, 3.63) is 35.5 Å². The van der Waals surface area contributed by atoms with Crippen LogP contribution >= 0.6 is 0 Å². The number of carbonyl (C=O) groups excluding carboxylic acids is 1. The second kappa shape index (κ2) is 7.36. The predicted octanol–water partition coefficient (Wildman–Crippen LogP) is 2.56. The number of rotatable bonds is 5. The first kappa shape index (κ1) is 17.0. The molecule has 1 aromatic heterocycles. The molecule has 0 saturated carbocycles. The zero-order chi connectivity index (χ0) is 17.1. The first-order chi connectivity index (χ1) is 11.5. The number of para-hydroxylation sites is 1. The molecule has 24 heavy (non-hydrogen) atoms. The molecule has 1 unspecified atom stereocenters. The lowest BCUT2D eigenvalue weighted by Crippen LogP contribution is -2.48. The van der Waals surface area contributed by atoms with Crippen LogP contribution in [0.4, 0.5) is 0 Å². The van der Waals surface area contributed by atoms with Gasteiger partial charge in [-0.05, 0) is 18.9 Å². The molecule has 5 nitrogen and oxygen atoms in total. The van der Waals surface area contributed by atoms with Gasteiger partial charge < -0.3 is 15.0 Å². The van der Waals surface area contributed by atoms with Crippen LogP contribution in [0.3, 0.4) is 0 Å². The van der Waals surface area contributed by atoms with Crippen LogP contribution in [-0.2, 0) is 4.74 Å². The van der Waals surface area contributed by atoms with E-state index in [0.717, 1.165) is 48.4 Å². The molecule has 0 radical (unpaired) electrons. The summed E-state index contributed by atoms with van der Waals surface area (Å²) in [5, 5.41) is 4.02. The topological polar surface area (TPSA) is 57.4 Å². The first-order valence-electron chi connectivity index (χ1n) is 8.74. The maximum atomic E-state index is 12.6. The third-order valence-corrected chi connectivity index (χ3v) is 4.46. The van der Waals surface area contributed by atoms with E-state index < -0.39 is 0 Å². The summed E-state index contributed by atoms with van der Waals surface area (Å²) in [4.78, 5) is 18.3. The second-order valence-electron chi connectivity index (χ2n) is 7.03.